The monoisotopic (exact) mass is 235 g/mol. The summed E-state index contributed by atoms with van der Waals surface area (Å²) in [5, 5.41) is 20.5. The maximum absolute atomic E-state index is 11.0. The lowest BCUT2D eigenvalue weighted by atomic mass is 9.67. The highest BCUT2D eigenvalue weighted by Gasteiger charge is 2.52. The molecule has 2 aliphatic carbocycles. The van der Waals surface area contributed by atoms with Crippen LogP contribution in [0.1, 0.15) is 71.1 Å². The van der Waals surface area contributed by atoms with Crippen LogP contribution in [-0.4, -0.2) is 10.7 Å². The van der Waals surface area contributed by atoms with Crippen LogP contribution in [0, 0.1) is 22.7 Å². The van der Waals surface area contributed by atoms with Crippen LogP contribution in [0.3, 0.4) is 0 Å². The van der Waals surface area contributed by atoms with E-state index >= 15 is 0 Å². The van der Waals surface area contributed by atoms with E-state index in [9.17, 15) is 10.4 Å². The summed E-state index contributed by atoms with van der Waals surface area (Å²) in [6.45, 7) is 2.24. The van der Waals surface area contributed by atoms with Gasteiger partial charge in [0.05, 0.1) is 17.1 Å². The van der Waals surface area contributed by atoms with Gasteiger partial charge in [0.15, 0.2) is 0 Å². The van der Waals surface area contributed by atoms with Gasteiger partial charge in [-0.25, -0.2) is 0 Å². The Morgan fingerprint density at radius 3 is 2.41 bits per heavy atom. The number of rotatable bonds is 2. The van der Waals surface area contributed by atoms with E-state index in [1.54, 1.807) is 0 Å². The average molecular weight is 235 g/mol. The first-order valence-corrected chi connectivity index (χ1v) is 7.29. The SMILES string of the molecule is CCC1CCCC(O)(C2(C#N)CCCC2)CC1. The lowest BCUT2D eigenvalue weighted by Gasteiger charge is -2.40. The summed E-state index contributed by atoms with van der Waals surface area (Å²) in [6, 6.07) is 2.50. The van der Waals surface area contributed by atoms with Gasteiger partial charge < -0.3 is 5.11 Å². The standard InChI is InChI=1S/C15H25NO/c1-2-13-6-5-10-15(17,11-7-13)14(12-16)8-3-4-9-14/h13,17H,2-11H2,1H3. The van der Waals surface area contributed by atoms with Crippen LogP contribution in [0.25, 0.3) is 0 Å². The molecule has 17 heavy (non-hydrogen) atoms. The summed E-state index contributed by atoms with van der Waals surface area (Å²) in [6.07, 6.45) is 10.4. The molecule has 0 saturated heterocycles. The molecular formula is C15H25NO. The molecule has 0 radical (unpaired) electrons. The first kappa shape index (κ1) is 12.9. The van der Waals surface area contributed by atoms with E-state index in [2.05, 4.69) is 13.0 Å². The Morgan fingerprint density at radius 1 is 1.12 bits per heavy atom. The van der Waals surface area contributed by atoms with Crippen molar-refractivity contribution in [1.29, 1.82) is 5.26 Å². The highest BCUT2D eigenvalue weighted by molar-refractivity contribution is 5.14. The molecule has 96 valence electrons. The first-order valence-electron chi connectivity index (χ1n) is 7.29. The van der Waals surface area contributed by atoms with Gasteiger partial charge in [0.1, 0.15) is 0 Å². The van der Waals surface area contributed by atoms with E-state index < -0.39 is 11.0 Å². The molecule has 0 spiro atoms. The quantitative estimate of drug-likeness (QED) is 0.740. The molecule has 0 heterocycles. The molecule has 0 aromatic heterocycles. The van der Waals surface area contributed by atoms with E-state index in [0.717, 1.165) is 57.3 Å². The zero-order chi connectivity index (χ0) is 12.4. The lowest BCUT2D eigenvalue weighted by molar-refractivity contribution is -0.0655. The molecule has 0 bridgehead atoms. The predicted octanol–water partition coefficient (Wildman–Crippen LogP) is 3.79. The molecular weight excluding hydrogens is 210 g/mol. The van der Waals surface area contributed by atoms with Crippen molar-refractivity contribution in [2.45, 2.75) is 76.7 Å². The fourth-order valence-electron chi connectivity index (χ4n) is 3.94. The molecule has 1 N–H and O–H groups in total. The van der Waals surface area contributed by atoms with Crippen molar-refractivity contribution in [3.05, 3.63) is 0 Å². The molecule has 0 aliphatic heterocycles. The second kappa shape index (κ2) is 4.98. The van der Waals surface area contributed by atoms with Crippen molar-refractivity contribution in [2.24, 2.45) is 11.3 Å². The van der Waals surface area contributed by atoms with Crippen LogP contribution in [0.2, 0.25) is 0 Å². The minimum absolute atomic E-state index is 0.421. The topological polar surface area (TPSA) is 44.0 Å². The largest absolute Gasteiger partial charge is 0.388 e. The van der Waals surface area contributed by atoms with Gasteiger partial charge in [-0.3, -0.25) is 0 Å². The molecule has 0 amide bonds. The third-order valence-corrected chi connectivity index (χ3v) is 5.31. The van der Waals surface area contributed by atoms with Gasteiger partial charge in [0.25, 0.3) is 0 Å². The predicted molar refractivity (Wildman–Crippen MR) is 68.3 cm³/mol. The zero-order valence-corrected chi connectivity index (χ0v) is 11.0. The Morgan fingerprint density at radius 2 is 1.82 bits per heavy atom. The molecule has 2 unspecified atom stereocenters. The smallest absolute Gasteiger partial charge is 0.0860 e. The highest BCUT2D eigenvalue weighted by Crippen LogP contribution is 2.51. The number of hydrogen-bond donors (Lipinski definition) is 1. The van der Waals surface area contributed by atoms with Crippen molar-refractivity contribution in [2.75, 3.05) is 0 Å². The van der Waals surface area contributed by atoms with Gasteiger partial charge in [-0.2, -0.15) is 5.26 Å². The molecule has 2 heteroatoms. The molecule has 2 rings (SSSR count). The van der Waals surface area contributed by atoms with Crippen molar-refractivity contribution >= 4 is 0 Å². The summed E-state index contributed by atoms with van der Waals surface area (Å²) in [7, 11) is 0. The summed E-state index contributed by atoms with van der Waals surface area (Å²) in [4.78, 5) is 0. The molecule has 0 aromatic rings. The van der Waals surface area contributed by atoms with Crippen molar-refractivity contribution in [3.8, 4) is 6.07 Å². The number of aliphatic hydroxyl groups is 1. The minimum atomic E-state index is -0.692. The maximum Gasteiger partial charge on any atom is 0.0860 e. The number of nitrogens with zero attached hydrogens (tertiary/aromatic N) is 1. The highest BCUT2D eigenvalue weighted by atomic mass is 16.3. The maximum atomic E-state index is 11.0. The van der Waals surface area contributed by atoms with Gasteiger partial charge in [-0.1, -0.05) is 39.0 Å². The molecule has 0 aromatic carbocycles. The van der Waals surface area contributed by atoms with Crippen molar-refractivity contribution in [1.82, 2.24) is 0 Å². The fraction of sp³-hybridized carbons (Fsp3) is 0.933. The average Bonchev–Trinajstić information content (AvgIpc) is 2.76. The van der Waals surface area contributed by atoms with E-state index in [-0.39, 0.29) is 0 Å². The summed E-state index contributed by atoms with van der Waals surface area (Å²) < 4.78 is 0. The first-order chi connectivity index (χ1) is 8.16. The second-order valence-corrected chi connectivity index (χ2v) is 6.14. The van der Waals surface area contributed by atoms with Gasteiger partial charge in [-0.15, -0.1) is 0 Å². The molecule has 2 nitrogen and oxygen atoms in total. The van der Waals surface area contributed by atoms with Crippen LogP contribution >= 0.6 is 0 Å². The second-order valence-electron chi connectivity index (χ2n) is 6.14. The minimum Gasteiger partial charge on any atom is -0.388 e. The number of nitriles is 1. The van der Waals surface area contributed by atoms with Gasteiger partial charge in [-0.05, 0) is 38.0 Å². The van der Waals surface area contributed by atoms with E-state index in [1.807, 2.05) is 0 Å². The third kappa shape index (κ3) is 2.22. The van der Waals surface area contributed by atoms with Crippen LogP contribution in [0.5, 0.6) is 0 Å². The Balaban J connectivity index is 2.15. The zero-order valence-electron chi connectivity index (χ0n) is 11.0. The van der Waals surface area contributed by atoms with Gasteiger partial charge >= 0.3 is 0 Å². The Bertz CT molecular complexity index is 301. The van der Waals surface area contributed by atoms with Crippen molar-refractivity contribution < 1.29 is 5.11 Å². The normalized spacial score (nSPS) is 37.4. The molecule has 2 atom stereocenters. The van der Waals surface area contributed by atoms with Gasteiger partial charge in [0.2, 0.25) is 0 Å². The Labute approximate surface area is 105 Å². The lowest BCUT2D eigenvalue weighted by Crippen LogP contribution is -2.45. The van der Waals surface area contributed by atoms with Crippen LogP contribution in [-0.2, 0) is 0 Å². The van der Waals surface area contributed by atoms with E-state index in [1.165, 1.54) is 12.8 Å². The van der Waals surface area contributed by atoms with E-state index in [0.29, 0.717) is 0 Å². The summed E-state index contributed by atoms with van der Waals surface area (Å²) >= 11 is 0. The third-order valence-electron chi connectivity index (χ3n) is 5.31. The summed E-state index contributed by atoms with van der Waals surface area (Å²) in [5.41, 5.74) is -1.11. The molecule has 2 fully saturated rings. The van der Waals surface area contributed by atoms with Crippen molar-refractivity contribution in [3.63, 3.8) is 0 Å². The Kier molecular flexibility index (Phi) is 3.78. The van der Waals surface area contributed by atoms with Crippen LogP contribution in [0.15, 0.2) is 0 Å². The Hall–Kier alpha value is -0.550. The van der Waals surface area contributed by atoms with E-state index in [4.69, 9.17) is 0 Å². The number of hydrogen-bond acceptors (Lipinski definition) is 2. The fourth-order valence-corrected chi connectivity index (χ4v) is 3.94. The van der Waals surface area contributed by atoms with Crippen LogP contribution in [0.4, 0.5) is 0 Å². The molecule has 2 saturated carbocycles. The van der Waals surface area contributed by atoms with Gasteiger partial charge in [0, 0.05) is 0 Å². The summed E-state index contributed by atoms with van der Waals surface area (Å²) in [5.74, 6) is 0.765. The van der Waals surface area contributed by atoms with Crippen LogP contribution < -0.4 is 0 Å². The molecule has 2 aliphatic rings.